The van der Waals surface area contributed by atoms with E-state index in [9.17, 15) is 4.79 Å². The summed E-state index contributed by atoms with van der Waals surface area (Å²) in [6, 6.07) is 8.39. The van der Waals surface area contributed by atoms with Gasteiger partial charge in [0.2, 0.25) is 5.91 Å². The van der Waals surface area contributed by atoms with Gasteiger partial charge in [-0.25, -0.2) is 0 Å². The third kappa shape index (κ3) is 4.05. The Balaban J connectivity index is 1.80. The van der Waals surface area contributed by atoms with Crippen LogP contribution in [-0.4, -0.2) is 36.0 Å². The molecular weight excluding hydrogens is 250 g/mol. The van der Waals surface area contributed by atoms with Gasteiger partial charge in [0, 0.05) is 25.7 Å². The molecule has 4 nitrogen and oxygen atoms in total. The molecule has 1 aliphatic heterocycles. The first-order valence-electron chi connectivity index (χ1n) is 7.39. The van der Waals surface area contributed by atoms with E-state index in [-0.39, 0.29) is 11.9 Å². The van der Waals surface area contributed by atoms with Crippen molar-refractivity contribution in [1.82, 2.24) is 10.2 Å². The topological polar surface area (TPSA) is 58.4 Å². The molecule has 0 radical (unpaired) electrons. The molecule has 110 valence electrons. The second-order valence-corrected chi connectivity index (χ2v) is 5.77. The number of carbonyl (C=O) groups excluding carboxylic acids is 1. The molecule has 1 atom stereocenters. The van der Waals surface area contributed by atoms with Crippen LogP contribution in [-0.2, 0) is 11.3 Å². The smallest absolute Gasteiger partial charge is 0.236 e. The molecule has 1 aromatic rings. The van der Waals surface area contributed by atoms with Gasteiger partial charge in [-0.2, -0.15) is 0 Å². The van der Waals surface area contributed by atoms with E-state index in [0.29, 0.717) is 0 Å². The average Bonchev–Trinajstić information content (AvgIpc) is 2.43. The Labute approximate surface area is 121 Å². The summed E-state index contributed by atoms with van der Waals surface area (Å²) in [6.07, 6.45) is 2.01. The van der Waals surface area contributed by atoms with E-state index >= 15 is 0 Å². The van der Waals surface area contributed by atoms with E-state index in [4.69, 9.17) is 5.73 Å². The molecule has 20 heavy (non-hydrogen) atoms. The number of nitrogens with zero attached hydrogens (tertiary/aromatic N) is 1. The number of benzene rings is 1. The maximum atomic E-state index is 11.6. The van der Waals surface area contributed by atoms with Crippen molar-refractivity contribution in [2.75, 3.05) is 13.1 Å². The molecule has 3 N–H and O–H groups in total. The summed E-state index contributed by atoms with van der Waals surface area (Å²) in [5.41, 5.74) is 8.32. The Morgan fingerprint density at radius 2 is 2.05 bits per heavy atom. The van der Waals surface area contributed by atoms with E-state index in [0.717, 1.165) is 32.5 Å². The number of hydrogen-bond acceptors (Lipinski definition) is 3. The summed E-state index contributed by atoms with van der Waals surface area (Å²) in [7, 11) is 0. The largest absolute Gasteiger partial charge is 0.352 e. The molecule has 1 saturated heterocycles. The number of rotatable bonds is 4. The van der Waals surface area contributed by atoms with Crippen molar-refractivity contribution in [3.8, 4) is 0 Å². The van der Waals surface area contributed by atoms with E-state index in [1.807, 2.05) is 0 Å². The zero-order valence-corrected chi connectivity index (χ0v) is 12.4. The van der Waals surface area contributed by atoms with Crippen LogP contribution in [0.25, 0.3) is 0 Å². The number of carbonyl (C=O) groups is 1. The van der Waals surface area contributed by atoms with Crippen molar-refractivity contribution < 1.29 is 4.79 Å². The highest BCUT2D eigenvalue weighted by molar-refractivity contribution is 5.81. The van der Waals surface area contributed by atoms with Gasteiger partial charge in [-0.15, -0.1) is 0 Å². The van der Waals surface area contributed by atoms with E-state index < -0.39 is 6.04 Å². The van der Waals surface area contributed by atoms with Gasteiger partial charge < -0.3 is 11.1 Å². The summed E-state index contributed by atoms with van der Waals surface area (Å²) >= 11 is 0. The van der Waals surface area contributed by atoms with Gasteiger partial charge in [0.1, 0.15) is 0 Å². The Hall–Kier alpha value is -1.39. The second-order valence-electron chi connectivity index (χ2n) is 5.77. The molecule has 0 aliphatic carbocycles. The first kappa shape index (κ1) is 15.0. The summed E-state index contributed by atoms with van der Waals surface area (Å²) in [5.74, 6) is -0.0395. The summed E-state index contributed by atoms with van der Waals surface area (Å²) in [4.78, 5) is 14.0. The van der Waals surface area contributed by atoms with Crippen LogP contribution < -0.4 is 11.1 Å². The lowest BCUT2D eigenvalue weighted by Gasteiger charge is -2.33. The van der Waals surface area contributed by atoms with Gasteiger partial charge in [-0.05, 0) is 37.8 Å². The van der Waals surface area contributed by atoms with Crippen LogP contribution in [0.5, 0.6) is 0 Å². The number of aryl methyl sites for hydroxylation is 1. The third-order valence-electron chi connectivity index (χ3n) is 4.00. The second kappa shape index (κ2) is 6.86. The highest BCUT2D eigenvalue weighted by Gasteiger charge is 2.21. The summed E-state index contributed by atoms with van der Waals surface area (Å²) in [5, 5.41) is 3.02. The van der Waals surface area contributed by atoms with Gasteiger partial charge in [-0.1, -0.05) is 24.3 Å². The van der Waals surface area contributed by atoms with Crippen LogP contribution in [0, 0.1) is 6.92 Å². The number of nitrogens with two attached hydrogens (primary N) is 1. The highest BCUT2D eigenvalue weighted by atomic mass is 16.2. The fourth-order valence-electron chi connectivity index (χ4n) is 2.60. The van der Waals surface area contributed by atoms with Gasteiger partial charge in [0.25, 0.3) is 0 Å². The number of piperidine rings is 1. The molecule has 0 aromatic heterocycles. The summed E-state index contributed by atoms with van der Waals surface area (Å²) < 4.78 is 0. The Morgan fingerprint density at radius 1 is 1.40 bits per heavy atom. The molecule has 1 fully saturated rings. The molecular formula is C16H25N3O. The van der Waals surface area contributed by atoms with Gasteiger partial charge in [-0.3, -0.25) is 9.69 Å². The molecule has 1 aromatic carbocycles. The van der Waals surface area contributed by atoms with Crippen molar-refractivity contribution in [3.63, 3.8) is 0 Å². The van der Waals surface area contributed by atoms with Crippen LogP contribution in [0.3, 0.4) is 0 Å². The van der Waals surface area contributed by atoms with E-state index in [1.165, 1.54) is 11.1 Å². The minimum Gasteiger partial charge on any atom is -0.352 e. The lowest BCUT2D eigenvalue weighted by atomic mass is 10.0. The molecule has 1 unspecified atom stereocenters. The normalized spacial score (nSPS) is 18.8. The predicted octanol–water partition coefficient (Wildman–Crippen LogP) is 1.42. The molecule has 1 amide bonds. The van der Waals surface area contributed by atoms with Crippen molar-refractivity contribution in [2.45, 2.75) is 45.3 Å². The molecule has 0 saturated carbocycles. The number of amides is 1. The van der Waals surface area contributed by atoms with E-state index in [1.54, 1.807) is 6.92 Å². The lowest BCUT2D eigenvalue weighted by Crippen LogP contribution is -2.48. The Kier molecular flexibility index (Phi) is 5.15. The first-order chi connectivity index (χ1) is 9.56. The van der Waals surface area contributed by atoms with Crippen molar-refractivity contribution >= 4 is 5.91 Å². The Bertz CT molecular complexity index is 451. The maximum absolute atomic E-state index is 11.6. The average molecular weight is 275 g/mol. The summed E-state index contributed by atoms with van der Waals surface area (Å²) in [6.45, 7) is 6.94. The standard InChI is InChI=1S/C16H25N3O/c1-12-5-3-4-6-14(12)11-19-9-7-15(8-10-19)18-16(20)13(2)17/h3-6,13,15H,7-11,17H2,1-2H3,(H,18,20). The molecule has 0 bridgehead atoms. The zero-order valence-electron chi connectivity index (χ0n) is 12.4. The highest BCUT2D eigenvalue weighted by Crippen LogP contribution is 2.16. The fraction of sp³-hybridized carbons (Fsp3) is 0.562. The van der Waals surface area contributed by atoms with Crippen LogP contribution in [0.2, 0.25) is 0 Å². The van der Waals surface area contributed by atoms with Crippen molar-refractivity contribution in [3.05, 3.63) is 35.4 Å². The first-order valence-corrected chi connectivity index (χ1v) is 7.39. The van der Waals surface area contributed by atoms with Crippen LogP contribution in [0.1, 0.15) is 30.9 Å². The van der Waals surface area contributed by atoms with Crippen molar-refractivity contribution in [1.29, 1.82) is 0 Å². The molecule has 2 rings (SSSR count). The van der Waals surface area contributed by atoms with Crippen molar-refractivity contribution in [2.24, 2.45) is 5.73 Å². The van der Waals surface area contributed by atoms with Crippen LogP contribution in [0.15, 0.2) is 24.3 Å². The van der Waals surface area contributed by atoms with E-state index in [2.05, 4.69) is 41.4 Å². The van der Waals surface area contributed by atoms with Crippen LogP contribution in [0.4, 0.5) is 0 Å². The van der Waals surface area contributed by atoms with Crippen LogP contribution >= 0.6 is 0 Å². The number of nitrogens with one attached hydrogen (secondary N) is 1. The minimum absolute atomic E-state index is 0.0395. The monoisotopic (exact) mass is 275 g/mol. The quantitative estimate of drug-likeness (QED) is 0.874. The lowest BCUT2D eigenvalue weighted by molar-refractivity contribution is -0.123. The molecule has 0 spiro atoms. The number of hydrogen-bond donors (Lipinski definition) is 2. The maximum Gasteiger partial charge on any atom is 0.236 e. The zero-order chi connectivity index (χ0) is 14.5. The third-order valence-corrected chi connectivity index (χ3v) is 4.00. The fourth-order valence-corrected chi connectivity index (χ4v) is 2.60. The van der Waals surface area contributed by atoms with Gasteiger partial charge >= 0.3 is 0 Å². The van der Waals surface area contributed by atoms with Gasteiger partial charge in [0.05, 0.1) is 6.04 Å². The number of likely N-dealkylation sites (tertiary alicyclic amines) is 1. The molecule has 1 heterocycles. The Morgan fingerprint density at radius 3 is 2.65 bits per heavy atom. The minimum atomic E-state index is -0.417. The van der Waals surface area contributed by atoms with Gasteiger partial charge in [0.15, 0.2) is 0 Å². The molecule has 4 heteroatoms. The molecule has 1 aliphatic rings. The predicted molar refractivity (Wildman–Crippen MR) is 81.3 cm³/mol. The SMILES string of the molecule is Cc1ccccc1CN1CCC(NC(=O)C(C)N)CC1.